The van der Waals surface area contributed by atoms with E-state index in [-0.39, 0.29) is 31.2 Å². The third kappa shape index (κ3) is 5.20. The summed E-state index contributed by atoms with van der Waals surface area (Å²) in [7, 11) is 1.84. The first-order valence-electron chi connectivity index (χ1n) is 12.3. The highest BCUT2D eigenvalue weighted by molar-refractivity contribution is 7.16. The van der Waals surface area contributed by atoms with Gasteiger partial charge in [-0.15, -0.1) is 11.3 Å². The number of nitrogens with one attached hydrogen (secondary N) is 1. The molecule has 4 rings (SSSR count). The van der Waals surface area contributed by atoms with Gasteiger partial charge in [-0.1, -0.05) is 40.0 Å². The van der Waals surface area contributed by atoms with Gasteiger partial charge in [-0.25, -0.2) is 4.98 Å². The molecule has 34 heavy (non-hydrogen) atoms. The Bertz CT molecular complexity index is 1100. The number of aromatic nitrogens is 2. The van der Waals surface area contributed by atoms with Gasteiger partial charge in [0.25, 0.3) is 5.91 Å². The highest BCUT2D eigenvalue weighted by atomic mass is 32.1. The van der Waals surface area contributed by atoms with Crippen LogP contribution in [0.25, 0.3) is 0 Å². The Balaban J connectivity index is 0.00000342. The number of hydrogen-bond donors (Lipinski definition) is 1. The molecule has 1 atom stereocenters. The normalized spacial score (nSPS) is 18.7. The summed E-state index contributed by atoms with van der Waals surface area (Å²) in [6.07, 6.45) is 11.7. The molecule has 0 radical (unpaired) electrons. The fourth-order valence-electron chi connectivity index (χ4n) is 5.24. The van der Waals surface area contributed by atoms with Crippen molar-refractivity contribution in [1.29, 1.82) is 5.26 Å². The van der Waals surface area contributed by atoms with Crippen LogP contribution in [-0.2, 0) is 24.2 Å². The van der Waals surface area contributed by atoms with Crippen LogP contribution in [0.1, 0.15) is 87.2 Å². The molecule has 184 valence electrons. The van der Waals surface area contributed by atoms with Crippen LogP contribution < -0.4 is 5.32 Å². The lowest BCUT2D eigenvalue weighted by atomic mass is 9.72. The number of carbonyl (C=O) groups is 2. The Labute approximate surface area is 207 Å². The Morgan fingerprint density at radius 3 is 2.71 bits per heavy atom. The van der Waals surface area contributed by atoms with Crippen molar-refractivity contribution in [2.75, 3.05) is 12.4 Å². The molecule has 2 aliphatic carbocycles. The van der Waals surface area contributed by atoms with Crippen molar-refractivity contribution in [3.63, 3.8) is 0 Å². The van der Waals surface area contributed by atoms with Crippen molar-refractivity contribution in [3.8, 4) is 6.07 Å². The smallest absolute Gasteiger partial charge is 0.274 e. The molecule has 1 unspecified atom stereocenters. The molecule has 2 aromatic heterocycles. The first-order valence-corrected chi connectivity index (χ1v) is 13.1. The molecule has 1 N–H and O–H groups in total. The van der Waals surface area contributed by atoms with E-state index in [4.69, 9.17) is 0 Å². The number of nitrogens with zero attached hydrogens (tertiary/aromatic N) is 4. The molecule has 2 amide bonds. The zero-order valence-electron chi connectivity index (χ0n) is 20.7. The number of carbonyl (C=O) groups excluding carboxylic acids is 2. The van der Waals surface area contributed by atoms with Gasteiger partial charge in [0.1, 0.15) is 23.3 Å². The summed E-state index contributed by atoms with van der Waals surface area (Å²) in [6.45, 7) is 6.84. The molecule has 0 aromatic carbocycles. The lowest BCUT2D eigenvalue weighted by molar-refractivity contribution is -0.116. The Kier molecular flexibility index (Phi) is 7.13. The minimum absolute atomic E-state index is 0. The third-order valence-electron chi connectivity index (χ3n) is 7.48. The Morgan fingerprint density at radius 2 is 2.03 bits per heavy atom. The number of amides is 2. The predicted molar refractivity (Wildman–Crippen MR) is 136 cm³/mol. The van der Waals surface area contributed by atoms with Crippen molar-refractivity contribution in [2.45, 2.75) is 84.7 Å². The monoisotopic (exact) mass is 483 g/mol. The third-order valence-corrected chi connectivity index (χ3v) is 8.65. The standard InChI is InChI=1S/C26H35N5O2S.H2/c1-26(2,3)17-10-11-19-20(13-27)24(34-22(19)12-17)29-23(32)15-31-14-21(28-16-31)25(33)30(4)18-8-6-5-7-9-18;/h14,16-18H,5-12,15H2,1-4H3,(H,29,32);1H. The number of rotatable bonds is 5. The summed E-state index contributed by atoms with van der Waals surface area (Å²) in [5, 5.41) is 13.3. The largest absolute Gasteiger partial charge is 0.337 e. The number of nitriles is 1. The van der Waals surface area contributed by atoms with Crippen LogP contribution in [-0.4, -0.2) is 39.4 Å². The zero-order chi connectivity index (χ0) is 24.5. The van der Waals surface area contributed by atoms with Gasteiger partial charge >= 0.3 is 0 Å². The van der Waals surface area contributed by atoms with Gasteiger partial charge in [-0.05, 0) is 49.0 Å². The molecule has 1 saturated carbocycles. The van der Waals surface area contributed by atoms with Crippen molar-refractivity contribution in [1.82, 2.24) is 14.5 Å². The highest BCUT2D eigenvalue weighted by Gasteiger charge is 2.32. The summed E-state index contributed by atoms with van der Waals surface area (Å²) in [4.78, 5) is 32.9. The molecule has 7 nitrogen and oxygen atoms in total. The van der Waals surface area contributed by atoms with Crippen LogP contribution in [0.15, 0.2) is 12.5 Å². The predicted octanol–water partition coefficient (Wildman–Crippen LogP) is 5.26. The van der Waals surface area contributed by atoms with E-state index < -0.39 is 0 Å². The molecule has 0 bridgehead atoms. The van der Waals surface area contributed by atoms with E-state index in [0.29, 0.717) is 22.2 Å². The van der Waals surface area contributed by atoms with E-state index in [1.54, 1.807) is 15.7 Å². The Morgan fingerprint density at radius 1 is 1.29 bits per heavy atom. The SMILES string of the molecule is CN(C(=O)c1cn(CC(=O)Nc2sc3c(c2C#N)CCC(C(C)(C)C)C3)cn1)C1CCCCC1.[HH]. The van der Waals surface area contributed by atoms with E-state index in [1.165, 1.54) is 29.0 Å². The van der Waals surface area contributed by atoms with Crippen LogP contribution in [0.2, 0.25) is 0 Å². The summed E-state index contributed by atoms with van der Waals surface area (Å²) in [6, 6.07) is 2.58. The Hall–Kier alpha value is -2.66. The number of anilines is 1. The maximum absolute atomic E-state index is 12.8. The van der Waals surface area contributed by atoms with Crippen molar-refractivity contribution in [3.05, 3.63) is 34.2 Å². The summed E-state index contributed by atoms with van der Waals surface area (Å²) < 4.78 is 1.63. The maximum Gasteiger partial charge on any atom is 0.274 e. The number of fused-ring (bicyclic) bond motifs is 1. The van der Waals surface area contributed by atoms with E-state index in [2.05, 4.69) is 37.1 Å². The first-order chi connectivity index (χ1) is 16.2. The van der Waals surface area contributed by atoms with Crippen molar-refractivity contribution >= 4 is 28.2 Å². The lowest BCUT2D eigenvalue weighted by Crippen LogP contribution is -2.38. The summed E-state index contributed by atoms with van der Waals surface area (Å²) in [5.41, 5.74) is 2.29. The van der Waals surface area contributed by atoms with Crippen molar-refractivity contribution < 1.29 is 11.0 Å². The van der Waals surface area contributed by atoms with Crippen molar-refractivity contribution in [2.24, 2.45) is 11.3 Å². The number of hydrogen-bond acceptors (Lipinski definition) is 5. The van der Waals surface area contributed by atoms with Gasteiger partial charge in [0, 0.05) is 25.6 Å². The second-order valence-electron chi connectivity index (χ2n) is 10.8. The van der Waals surface area contributed by atoms with E-state index in [1.807, 2.05) is 7.05 Å². The topological polar surface area (TPSA) is 91.0 Å². The minimum Gasteiger partial charge on any atom is -0.337 e. The van der Waals surface area contributed by atoms with Gasteiger partial charge in [0.15, 0.2) is 0 Å². The van der Waals surface area contributed by atoms with E-state index in [9.17, 15) is 14.9 Å². The van der Waals surface area contributed by atoms with Crippen LogP contribution in [0.5, 0.6) is 0 Å². The fraction of sp³-hybridized carbons (Fsp3) is 0.615. The molecule has 2 heterocycles. The lowest BCUT2D eigenvalue weighted by Gasteiger charge is -2.33. The van der Waals surface area contributed by atoms with Gasteiger partial charge in [0.2, 0.25) is 5.91 Å². The van der Waals surface area contributed by atoms with Crippen LogP contribution in [0.4, 0.5) is 5.00 Å². The molecule has 2 aromatic rings. The zero-order valence-corrected chi connectivity index (χ0v) is 21.5. The van der Waals surface area contributed by atoms with Gasteiger partial charge < -0.3 is 14.8 Å². The average molecular weight is 484 g/mol. The quantitative estimate of drug-likeness (QED) is 0.628. The molecule has 0 spiro atoms. The van der Waals surface area contributed by atoms with Crippen LogP contribution in [0, 0.1) is 22.7 Å². The average Bonchev–Trinajstić information content (AvgIpc) is 3.41. The molecular weight excluding hydrogens is 446 g/mol. The molecule has 8 heteroatoms. The second-order valence-corrected chi connectivity index (χ2v) is 11.9. The minimum atomic E-state index is -0.223. The highest BCUT2D eigenvalue weighted by Crippen LogP contribution is 2.44. The first kappa shape index (κ1) is 24.5. The van der Waals surface area contributed by atoms with Gasteiger partial charge in [-0.3, -0.25) is 9.59 Å². The molecular formula is C26H37N5O2S. The van der Waals surface area contributed by atoms with Gasteiger partial charge in [-0.2, -0.15) is 5.26 Å². The molecule has 2 aliphatic rings. The second kappa shape index (κ2) is 9.91. The summed E-state index contributed by atoms with van der Waals surface area (Å²) >= 11 is 1.53. The number of thiophene rings is 1. The maximum atomic E-state index is 12.8. The molecule has 0 saturated heterocycles. The molecule has 1 fully saturated rings. The molecule has 0 aliphatic heterocycles. The van der Waals surface area contributed by atoms with E-state index in [0.717, 1.165) is 50.5 Å². The van der Waals surface area contributed by atoms with Crippen LogP contribution >= 0.6 is 11.3 Å². The van der Waals surface area contributed by atoms with Crippen LogP contribution in [0.3, 0.4) is 0 Å². The summed E-state index contributed by atoms with van der Waals surface area (Å²) in [5.74, 6) is 0.249. The van der Waals surface area contributed by atoms with E-state index >= 15 is 0 Å². The number of imidazole rings is 1. The van der Waals surface area contributed by atoms with Gasteiger partial charge in [0.05, 0.1) is 11.9 Å². The fourth-order valence-corrected chi connectivity index (χ4v) is 6.53.